The Morgan fingerprint density at radius 3 is 2.56 bits per heavy atom. The Morgan fingerprint density at radius 2 is 2.06 bits per heavy atom. The van der Waals surface area contributed by atoms with Crippen LogP contribution >= 0.6 is 23.2 Å². The predicted molar refractivity (Wildman–Crippen MR) is 67.8 cm³/mol. The van der Waals surface area contributed by atoms with Gasteiger partial charge in [-0.3, -0.25) is 9.59 Å². The highest BCUT2D eigenvalue weighted by molar-refractivity contribution is 6.33. The first-order chi connectivity index (χ1) is 8.47. The van der Waals surface area contributed by atoms with Gasteiger partial charge in [0.2, 0.25) is 5.91 Å². The van der Waals surface area contributed by atoms with E-state index in [9.17, 15) is 9.59 Å². The minimum absolute atomic E-state index is 0.0883. The molecular weight excluding hydrogens is 277 g/mol. The molecule has 1 aliphatic rings. The molecule has 1 aromatic heterocycles. The van der Waals surface area contributed by atoms with Gasteiger partial charge in [-0.15, -0.1) is 0 Å². The van der Waals surface area contributed by atoms with E-state index in [1.54, 1.807) is 11.9 Å². The Morgan fingerprint density at radius 1 is 1.44 bits per heavy atom. The molecule has 0 bridgehead atoms. The number of pyridine rings is 1. The molecule has 1 aromatic rings. The number of amides is 2. The molecule has 1 aliphatic heterocycles. The van der Waals surface area contributed by atoms with Crippen LogP contribution in [0.15, 0.2) is 12.1 Å². The monoisotopic (exact) mass is 287 g/mol. The third-order valence-electron chi connectivity index (χ3n) is 2.76. The lowest BCUT2D eigenvalue weighted by Crippen LogP contribution is -2.40. The number of hydrogen-bond acceptors (Lipinski definition) is 3. The number of aromatic nitrogens is 1. The maximum Gasteiger partial charge on any atom is 0.252 e. The molecule has 2 heterocycles. The molecule has 0 aromatic carbocycles. The van der Waals surface area contributed by atoms with Gasteiger partial charge >= 0.3 is 0 Å². The van der Waals surface area contributed by atoms with Crippen LogP contribution in [-0.4, -0.2) is 41.3 Å². The molecule has 0 aliphatic carbocycles. The van der Waals surface area contributed by atoms with Crippen LogP contribution in [0.25, 0.3) is 0 Å². The topological polar surface area (TPSA) is 62.3 Å². The van der Waals surface area contributed by atoms with E-state index in [1.165, 1.54) is 12.1 Å². The summed E-state index contributed by atoms with van der Waals surface area (Å²) in [6.45, 7) is 0.641. The summed E-state index contributed by atoms with van der Waals surface area (Å²) < 4.78 is 0. The summed E-state index contributed by atoms with van der Waals surface area (Å²) in [4.78, 5) is 28.9. The number of nitrogens with one attached hydrogen (secondary N) is 1. The molecule has 0 spiro atoms. The highest BCUT2D eigenvalue weighted by Crippen LogP contribution is 2.15. The fourth-order valence-electron chi connectivity index (χ4n) is 1.79. The zero-order valence-electron chi connectivity index (χ0n) is 9.61. The second-order valence-corrected chi connectivity index (χ2v) is 4.85. The van der Waals surface area contributed by atoms with Gasteiger partial charge in [0.05, 0.1) is 0 Å². The average Bonchev–Trinajstić information content (AvgIpc) is 2.59. The summed E-state index contributed by atoms with van der Waals surface area (Å²) in [7, 11) is 1.70. The summed E-state index contributed by atoms with van der Waals surface area (Å²) in [5.41, 5.74) is 0.294. The first-order valence-electron chi connectivity index (χ1n) is 5.36. The molecule has 2 amide bonds. The lowest BCUT2D eigenvalue weighted by Gasteiger charge is -2.12. The van der Waals surface area contributed by atoms with Crippen molar-refractivity contribution in [3.8, 4) is 0 Å². The Bertz CT molecular complexity index is 487. The van der Waals surface area contributed by atoms with Gasteiger partial charge in [0.15, 0.2) is 0 Å². The van der Waals surface area contributed by atoms with E-state index in [1.807, 2.05) is 0 Å². The first kappa shape index (κ1) is 13.1. The number of likely N-dealkylation sites (tertiary alicyclic amines) is 1. The number of carbonyl (C=O) groups excluding carboxylic acids is 2. The van der Waals surface area contributed by atoms with Crippen LogP contribution in [0.2, 0.25) is 10.3 Å². The Balaban J connectivity index is 2.10. The van der Waals surface area contributed by atoms with Crippen molar-refractivity contribution < 1.29 is 9.59 Å². The second kappa shape index (κ2) is 5.12. The van der Waals surface area contributed by atoms with E-state index in [4.69, 9.17) is 23.2 Å². The van der Waals surface area contributed by atoms with Gasteiger partial charge < -0.3 is 10.2 Å². The van der Waals surface area contributed by atoms with Gasteiger partial charge in [0.1, 0.15) is 16.3 Å². The van der Waals surface area contributed by atoms with Crippen molar-refractivity contribution in [2.75, 3.05) is 13.6 Å². The van der Waals surface area contributed by atoms with E-state index in [2.05, 4.69) is 10.3 Å². The summed E-state index contributed by atoms with van der Waals surface area (Å²) in [6.07, 6.45) is 0.605. The van der Waals surface area contributed by atoms with Gasteiger partial charge in [0.25, 0.3) is 5.91 Å². The van der Waals surface area contributed by atoms with Crippen molar-refractivity contribution in [2.24, 2.45) is 0 Å². The van der Waals surface area contributed by atoms with Crippen molar-refractivity contribution in [3.05, 3.63) is 28.0 Å². The molecule has 0 radical (unpaired) electrons. The smallest absolute Gasteiger partial charge is 0.252 e. The Hall–Kier alpha value is -1.33. The summed E-state index contributed by atoms with van der Waals surface area (Å²) in [5.74, 6) is -0.468. The summed E-state index contributed by atoms with van der Waals surface area (Å²) >= 11 is 11.4. The van der Waals surface area contributed by atoms with E-state index >= 15 is 0 Å². The molecule has 96 valence electrons. The van der Waals surface area contributed by atoms with Crippen LogP contribution in [0.1, 0.15) is 16.8 Å². The zero-order chi connectivity index (χ0) is 13.3. The van der Waals surface area contributed by atoms with Crippen LogP contribution in [-0.2, 0) is 4.79 Å². The predicted octanol–water partition coefficient (Wildman–Crippen LogP) is 1.35. The van der Waals surface area contributed by atoms with Gasteiger partial charge in [-0.2, -0.15) is 0 Å². The number of carbonyl (C=O) groups is 2. The summed E-state index contributed by atoms with van der Waals surface area (Å²) in [6, 6.07) is 2.34. The van der Waals surface area contributed by atoms with Gasteiger partial charge in [0, 0.05) is 19.2 Å². The molecule has 1 N–H and O–H groups in total. The number of nitrogens with zero attached hydrogens (tertiary/aromatic N) is 2. The van der Waals surface area contributed by atoms with Gasteiger partial charge in [-0.25, -0.2) is 4.98 Å². The van der Waals surface area contributed by atoms with Gasteiger partial charge in [-0.05, 0) is 18.6 Å². The van der Waals surface area contributed by atoms with E-state index in [-0.39, 0.29) is 22.1 Å². The molecular formula is C11H11Cl2N3O2. The van der Waals surface area contributed by atoms with E-state index < -0.39 is 6.04 Å². The molecule has 7 heteroatoms. The molecule has 1 unspecified atom stereocenters. The maximum atomic E-state index is 11.9. The van der Waals surface area contributed by atoms with Crippen LogP contribution < -0.4 is 5.32 Å². The van der Waals surface area contributed by atoms with Crippen molar-refractivity contribution in [1.29, 1.82) is 0 Å². The summed E-state index contributed by atoms with van der Waals surface area (Å²) in [5, 5.41) is 2.94. The second-order valence-electron chi connectivity index (χ2n) is 4.08. The molecule has 2 rings (SSSR count). The average molecular weight is 288 g/mol. The quantitative estimate of drug-likeness (QED) is 0.836. The third-order valence-corrected chi connectivity index (χ3v) is 3.15. The number of hydrogen-bond donors (Lipinski definition) is 1. The Kier molecular flexibility index (Phi) is 3.73. The normalized spacial score (nSPS) is 19.2. The minimum Gasteiger partial charge on any atom is -0.344 e. The SMILES string of the molecule is CN1CCC(NC(=O)c2cc(Cl)nc(Cl)c2)C1=O. The highest BCUT2D eigenvalue weighted by atomic mass is 35.5. The molecule has 1 saturated heterocycles. The lowest BCUT2D eigenvalue weighted by molar-refractivity contribution is -0.128. The van der Waals surface area contributed by atoms with Gasteiger partial charge in [-0.1, -0.05) is 23.2 Å². The number of likely N-dealkylation sites (N-methyl/N-ethyl adjacent to an activating group) is 1. The van der Waals surface area contributed by atoms with E-state index in [0.29, 0.717) is 18.5 Å². The van der Waals surface area contributed by atoms with Crippen LogP contribution in [0, 0.1) is 0 Å². The van der Waals surface area contributed by atoms with Crippen molar-refractivity contribution in [1.82, 2.24) is 15.2 Å². The van der Waals surface area contributed by atoms with Crippen LogP contribution in [0.4, 0.5) is 0 Å². The third kappa shape index (κ3) is 2.73. The van der Waals surface area contributed by atoms with Crippen LogP contribution in [0.3, 0.4) is 0 Å². The fourth-order valence-corrected chi connectivity index (χ4v) is 2.25. The number of halogens is 2. The van der Waals surface area contributed by atoms with Crippen molar-refractivity contribution in [2.45, 2.75) is 12.5 Å². The lowest BCUT2D eigenvalue weighted by atomic mass is 10.2. The van der Waals surface area contributed by atoms with E-state index in [0.717, 1.165) is 0 Å². The van der Waals surface area contributed by atoms with Crippen LogP contribution in [0.5, 0.6) is 0 Å². The molecule has 1 fully saturated rings. The van der Waals surface area contributed by atoms with Crippen molar-refractivity contribution in [3.63, 3.8) is 0 Å². The zero-order valence-corrected chi connectivity index (χ0v) is 11.1. The molecule has 18 heavy (non-hydrogen) atoms. The first-order valence-corrected chi connectivity index (χ1v) is 6.12. The molecule has 5 nitrogen and oxygen atoms in total. The molecule has 0 saturated carbocycles. The highest BCUT2D eigenvalue weighted by Gasteiger charge is 2.30. The minimum atomic E-state index is -0.479. The molecule has 1 atom stereocenters. The fraction of sp³-hybridized carbons (Fsp3) is 0.364. The maximum absolute atomic E-state index is 11.9. The largest absolute Gasteiger partial charge is 0.344 e. The van der Waals surface area contributed by atoms with Crippen molar-refractivity contribution >= 4 is 35.0 Å². The number of rotatable bonds is 2. The standard InChI is InChI=1S/C11H11Cl2N3O2/c1-16-3-2-7(11(16)18)14-10(17)6-4-8(12)15-9(13)5-6/h4-5,7H,2-3H2,1H3,(H,14,17). The Labute approximate surface area is 114 Å².